The van der Waals surface area contributed by atoms with Crippen molar-refractivity contribution < 1.29 is 51.0 Å². The summed E-state index contributed by atoms with van der Waals surface area (Å²) in [6.45, 7) is 0. The Kier molecular flexibility index (Phi) is 6.32. The molecule has 0 aliphatic carbocycles. The van der Waals surface area contributed by atoms with E-state index in [1.807, 2.05) is 0 Å². The molecule has 1 fully saturated rings. The first-order valence-electron chi connectivity index (χ1n) is 10.4. The fourth-order valence-electron chi connectivity index (χ4n) is 4.02. The van der Waals surface area contributed by atoms with Gasteiger partial charge in [0.2, 0.25) is 11.4 Å². The van der Waals surface area contributed by atoms with Gasteiger partial charge in [-0.2, -0.15) is 17.2 Å². The van der Waals surface area contributed by atoms with Crippen LogP contribution in [0.3, 0.4) is 0 Å². The summed E-state index contributed by atoms with van der Waals surface area (Å²) in [5.74, 6) is -13.1. The Morgan fingerprint density at radius 2 is 1.56 bits per heavy atom. The number of benzene rings is 3. The highest BCUT2D eigenvalue weighted by molar-refractivity contribution is 7.86. The number of Topliss-reactive ketones (excluding diaryl/α,β-unsaturated/α-hetero) is 2. The van der Waals surface area contributed by atoms with Crippen molar-refractivity contribution in [3.63, 3.8) is 0 Å². The molecular formula is C24H20F2O9S. The summed E-state index contributed by atoms with van der Waals surface area (Å²) in [6, 6.07) is 17.1. The molecule has 190 valence electrons. The van der Waals surface area contributed by atoms with Crippen molar-refractivity contribution in [2.75, 3.05) is 6.26 Å². The van der Waals surface area contributed by atoms with Crippen LogP contribution in [0.1, 0.15) is 22.0 Å². The second-order valence-electron chi connectivity index (χ2n) is 8.31. The molecule has 9 nitrogen and oxygen atoms in total. The third kappa shape index (κ3) is 4.11. The van der Waals surface area contributed by atoms with E-state index < -0.39 is 57.0 Å². The molecule has 0 aromatic heterocycles. The van der Waals surface area contributed by atoms with Crippen molar-refractivity contribution in [3.05, 3.63) is 83.9 Å². The van der Waals surface area contributed by atoms with Gasteiger partial charge >= 0.3 is 11.9 Å². The Hall–Kier alpha value is -3.13. The zero-order valence-corrected chi connectivity index (χ0v) is 19.4. The van der Waals surface area contributed by atoms with E-state index in [1.54, 1.807) is 30.3 Å². The molecule has 0 spiro atoms. The summed E-state index contributed by atoms with van der Waals surface area (Å²) < 4.78 is 63.1. The van der Waals surface area contributed by atoms with Crippen LogP contribution in [0.5, 0.6) is 0 Å². The summed E-state index contributed by atoms with van der Waals surface area (Å²) in [5, 5.41) is 33.1. The lowest BCUT2D eigenvalue weighted by molar-refractivity contribution is -0.381. The van der Waals surface area contributed by atoms with E-state index in [1.165, 1.54) is 30.3 Å². The van der Waals surface area contributed by atoms with Crippen LogP contribution in [-0.4, -0.2) is 65.2 Å². The molecule has 4 atom stereocenters. The fraction of sp³-hybridized carbons (Fsp3) is 0.250. The van der Waals surface area contributed by atoms with Crippen LogP contribution in [0.4, 0.5) is 8.78 Å². The highest BCUT2D eigenvalue weighted by Gasteiger charge is 2.83. The van der Waals surface area contributed by atoms with E-state index >= 15 is 8.78 Å². The van der Waals surface area contributed by atoms with E-state index in [-0.39, 0.29) is 5.56 Å². The average Bonchev–Trinajstić information content (AvgIpc) is 2.99. The summed E-state index contributed by atoms with van der Waals surface area (Å²) in [4.78, 5) is 26.5. The zero-order valence-electron chi connectivity index (χ0n) is 18.5. The minimum absolute atomic E-state index is 0.102. The monoisotopic (exact) mass is 522 g/mol. The van der Waals surface area contributed by atoms with Crippen molar-refractivity contribution in [3.8, 4) is 0 Å². The van der Waals surface area contributed by atoms with Crippen molar-refractivity contribution in [2.45, 2.75) is 29.7 Å². The number of carbonyl (C=O) groups is 2. The molecular weight excluding hydrogens is 502 g/mol. The molecule has 3 aromatic rings. The average molecular weight is 522 g/mol. The van der Waals surface area contributed by atoms with Gasteiger partial charge in [-0.1, -0.05) is 66.7 Å². The number of alkyl halides is 2. The second kappa shape index (κ2) is 8.76. The number of halogens is 2. The van der Waals surface area contributed by atoms with Crippen LogP contribution in [0.25, 0.3) is 10.8 Å². The molecule has 0 amide bonds. The quantitative estimate of drug-likeness (QED) is 0.240. The highest BCUT2D eigenvalue weighted by Crippen LogP contribution is 2.53. The Labute approximate surface area is 203 Å². The third-order valence-electron chi connectivity index (χ3n) is 5.80. The Bertz CT molecular complexity index is 1440. The van der Waals surface area contributed by atoms with Crippen LogP contribution < -0.4 is 0 Å². The topological polar surface area (TPSA) is 147 Å². The first kappa shape index (κ1) is 25.9. The van der Waals surface area contributed by atoms with Gasteiger partial charge in [0.15, 0.2) is 11.9 Å². The van der Waals surface area contributed by atoms with Gasteiger partial charge in [-0.15, -0.1) is 0 Å². The largest absolute Gasteiger partial charge is 0.380 e. The van der Waals surface area contributed by atoms with Gasteiger partial charge in [-0.25, -0.2) is 4.18 Å². The molecule has 0 saturated carbocycles. The molecule has 3 N–H and O–H groups in total. The molecule has 12 heteroatoms. The van der Waals surface area contributed by atoms with Crippen LogP contribution in [0.15, 0.2) is 72.8 Å². The van der Waals surface area contributed by atoms with Gasteiger partial charge in [0, 0.05) is 5.56 Å². The fourth-order valence-corrected chi connectivity index (χ4v) is 4.58. The number of ketones is 2. The summed E-state index contributed by atoms with van der Waals surface area (Å²) in [6.07, 6.45) is -4.82. The summed E-state index contributed by atoms with van der Waals surface area (Å²) in [5.41, 5.74) is -4.79. The van der Waals surface area contributed by atoms with E-state index in [2.05, 4.69) is 8.92 Å². The van der Waals surface area contributed by atoms with Gasteiger partial charge in [0.1, 0.15) is 6.10 Å². The molecule has 1 saturated heterocycles. The molecule has 1 heterocycles. The predicted molar refractivity (Wildman–Crippen MR) is 120 cm³/mol. The van der Waals surface area contributed by atoms with Crippen molar-refractivity contribution in [1.82, 2.24) is 0 Å². The number of hydrogen-bond acceptors (Lipinski definition) is 9. The molecule has 4 rings (SSSR count). The molecule has 1 aliphatic rings. The highest BCUT2D eigenvalue weighted by atomic mass is 32.2. The minimum atomic E-state index is -5.21. The van der Waals surface area contributed by atoms with Gasteiger partial charge in [0.05, 0.1) is 6.26 Å². The number of carbonyl (C=O) groups excluding carboxylic acids is 2. The molecule has 3 aromatic carbocycles. The normalized spacial score (nSPS) is 26.6. The number of ether oxygens (including phenoxy) is 1. The number of fused-ring (bicyclic) bond motifs is 1. The lowest BCUT2D eigenvalue weighted by Gasteiger charge is -2.33. The maximum Gasteiger partial charge on any atom is 0.367 e. The van der Waals surface area contributed by atoms with Gasteiger partial charge < -0.3 is 20.1 Å². The van der Waals surface area contributed by atoms with E-state index in [9.17, 15) is 33.3 Å². The molecule has 0 radical (unpaired) electrons. The Morgan fingerprint density at radius 1 is 0.972 bits per heavy atom. The number of aliphatic hydroxyl groups is 3. The number of hydrogen-bond donors (Lipinski definition) is 3. The van der Waals surface area contributed by atoms with E-state index in [0.717, 1.165) is 12.1 Å². The van der Waals surface area contributed by atoms with Gasteiger partial charge in [-0.3, -0.25) is 9.59 Å². The molecule has 1 aliphatic heterocycles. The first-order valence-corrected chi connectivity index (χ1v) is 12.2. The Balaban J connectivity index is 1.86. The Morgan fingerprint density at radius 3 is 2.17 bits per heavy atom. The summed E-state index contributed by atoms with van der Waals surface area (Å²) >= 11 is 0. The van der Waals surface area contributed by atoms with Crippen LogP contribution >= 0.6 is 0 Å². The summed E-state index contributed by atoms with van der Waals surface area (Å²) in [7, 11) is -4.88. The van der Waals surface area contributed by atoms with E-state index in [0.29, 0.717) is 17.0 Å². The number of rotatable bonds is 7. The predicted octanol–water partition coefficient (Wildman–Crippen LogP) is 1.71. The maximum absolute atomic E-state index is 15.6. The van der Waals surface area contributed by atoms with Gasteiger partial charge in [-0.05, 0) is 22.4 Å². The molecule has 36 heavy (non-hydrogen) atoms. The zero-order chi connectivity index (χ0) is 26.5. The molecule has 2 unspecified atom stereocenters. The first-order chi connectivity index (χ1) is 16.7. The van der Waals surface area contributed by atoms with Gasteiger partial charge in [0.25, 0.3) is 10.1 Å². The van der Waals surface area contributed by atoms with Crippen molar-refractivity contribution in [2.24, 2.45) is 0 Å². The van der Waals surface area contributed by atoms with Crippen molar-refractivity contribution in [1.29, 1.82) is 0 Å². The SMILES string of the molecule is CS(=O)(=O)OC1(O)O[C@H](C(=O)C(O)c2ccccc2)[C@](O)(C(=O)c2ccc3ccccc3c2)C1(F)F. The lowest BCUT2D eigenvalue weighted by atomic mass is 9.79. The third-order valence-corrected chi connectivity index (χ3v) is 6.33. The maximum atomic E-state index is 15.6. The lowest BCUT2D eigenvalue weighted by Crippen LogP contribution is -2.64. The van der Waals surface area contributed by atoms with E-state index in [4.69, 9.17) is 0 Å². The number of aliphatic hydroxyl groups excluding tert-OH is 1. The van der Waals surface area contributed by atoms with Crippen molar-refractivity contribution >= 4 is 32.5 Å². The smallest absolute Gasteiger partial charge is 0.367 e. The minimum Gasteiger partial charge on any atom is -0.380 e. The van der Waals surface area contributed by atoms with Crippen LogP contribution in [0, 0.1) is 0 Å². The standard InChI is InChI=1S/C24H20F2O9S/c1-36(32,33)35-24(31)23(25,26)22(30,20(29)17-12-11-14-7-5-6-10-16(14)13-17)21(34-24)19(28)18(27)15-8-3-2-4-9-15/h2-13,18,21,27,30-31H,1H3/t18?,21-,22-,24?/m1/s1. The molecule has 0 bridgehead atoms. The van der Waals surface area contributed by atoms with Crippen LogP contribution in [0.2, 0.25) is 0 Å². The van der Waals surface area contributed by atoms with Crippen LogP contribution in [-0.2, 0) is 23.8 Å². The second-order valence-corrected chi connectivity index (χ2v) is 9.89.